The van der Waals surface area contributed by atoms with Gasteiger partial charge in [0.05, 0.1) is 12.8 Å². The zero-order valence-electron chi connectivity index (χ0n) is 15.2. The summed E-state index contributed by atoms with van der Waals surface area (Å²) in [6, 6.07) is 0. The highest BCUT2D eigenvalue weighted by atomic mass is 16.3. The molecule has 3 nitrogen and oxygen atoms in total. The molecule has 0 radical (unpaired) electrons. The molecule has 134 valence electrons. The number of unbranched alkanes of at least 4 members (excludes halogenated alkanes) is 9. The van der Waals surface area contributed by atoms with Gasteiger partial charge in [-0.2, -0.15) is 0 Å². The van der Waals surface area contributed by atoms with Crippen LogP contribution < -0.4 is 5.32 Å². The van der Waals surface area contributed by atoms with E-state index in [0.717, 1.165) is 6.54 Å². The van der Waals surface area contributed by atoms with E-state index in [1.807, 2.05) is 6.20 Å². The third kappa shape index (κ3) is 10.4. The van der Waals surface area contributed by atoms with Crippen molar-refractivity contribution in [2.75, 3.05) is 13.2 Å². The van der Waals surface area contributed by atoms with Crippen LogP contribution >= 0.6 is 0 Å². The van der Waals surface area contributed by atoms with Gasteiger partial charge < -0.3 is 15.3 Å². The highest BCUT2D eigenvalue weighted by Gasteiger charge is 2.16. The molecule has 0 aromatic rings. The standard InChI is InChI=1S/C20H38N2O/c1-2-3-4-5-6-7-8-9-10-11-12-13-14-15-20-21-16-17-22(20)18-19-23/h7-8,16-17,20-21,23H,2-6,9-15,18-19H2,1H3/b8-7+. The molecule has 0 aromatic carbocycles. The van der Waals surface area contributed by atoms with Crippen molar-refractivity contribution < 1.29 is 5.11 Å². The quantitative estimate of drug-likeness (QED) is 0.331. The number of nitrogens with one attached hydrogen (secondary N) is 1. The highest BCUT2D eigenvalue weighted by Crippen LogP contribution is 2.14. The molecule has 1 aliphatic rings. The molecule has 0 spiro atoms. The van der Waals surface area contributed by atoms with Gasteiger partial charge in [0.1, 0.15) is 0 Å². The van der Waals surface area contributed by atoms with Gasteiger partial charge in [0.2, 0.25) is 0 Å². The molecule has 0 aromatic heterocycles. The summed E-state index contributed by atoms with van der Waals surface area (Å²) >= 11 is 0. The van der Waals surface area contributed by atoms with E-state index in [2.05, 4.69) is 35.5 Å². The monoisotopic (exact) mass is 322 g/mol. The van der Waals surface area contributed by atoms with Gasteiger partial charge in [0.25, 0.3) is 0 Å². The molecule has 0 saturated carbocycles. The average molecular weight is 323 g/mol. The van der Waals surface area contributed by atoms with Crippen LogP contribution in [0.1, 0.15) is 84.0 Å². The Kier molecular flexibility index (Phi) is 12.8. The summed E-state index contributed by atoms with van der Waals surface area (Å²) in [7, 11) is 0. The number of allylic oxidation sites excluding steroid dienone is 2. The fourth-order valence-corrected chi connectivity index (χ4v) is 3.10. The number of aliphatic hydroxyl groups excluding tert-OH is 1. The number of β-amino-alcohol motifs (C(OH)–C–C–N with tert-alkyl or cyclic N) is 1. The van der Waals surface area contributed by atoms with Crippen molar-refractivity contribution in [1.82, 2.24) is 10.2 Å². The first-order valence-corrected chi connectivity index (χ1v) is 9.82. The van der Waals surface area contributed by atoms with Crippen LogP contribution in [-0.4, -0.2) is 29.3 Å². The smallest absolute Gasteiger partial charge is 0.0982 e. The number of hydrogen-bond acceptors (Lipinski definition) is 3. The molecular formula is C20H38N2O. The first kappa shape index (κ1) is 20.1. The summed E-state index contributed by atoms with van der Waals surface area (Å²) in [5.74, 6) is 0. The Hall–Kier alpha value is -0.960. The van der Waals surface area contributed by atoms with Gasteiger partial charge in [-0.05, 0) is 38.5 Å². The zero-order chi connectivity index (χ0) is 16.6. The maximum atomic E-state index is 9.02. The van der Waals surface area contributed by atoms with Crippen molar-refractivity contribution in [2.45, 2.75) is 90.1 Å². The molecule has 1 unspecified atom stereocenters. The topological polar surface area (TPSA) is 35.5 Å². The fourth-order valence-electron chi connectivity index (χ4n) is 3.10. The third-order valence-corrected chi connectivity index (χ3v) is 4.55. The summed E-state index contributed by atoms with van der Waals surface area (Å²) in [5, 5.41) is 12.4. The number of hydrogen-bond donors (Lipinski definition) is 2. The molecule has 0 fully saturated rings. The van der Waals surface area contributed by atoms with Crippen molar-refractivity contribution in [2.24, 2.45) is 0 Å². The van der Waals surface area contributed by atoms with Crippen LogP contribution in [0.25, 0.3) is 0 Å². The fraction of sp³-hybridized carbons (Fsp3) is 0.800. The maximum Gasteiger partial charge on any atom is 0.0982 e. The van der Waals surface area contributed by atoms with Crippen LogP contribution in [0, 0.1) is 0 Å². The Morgan fingerprint density at radius 2 is 1.61 bits per heavy atom. The Labute approximate surface area is 143 Å². The summed E-state index contributed by atoms with van der Waals surface area (Å²) in [6.07, 6.45) is 25.0. The molecule has 0 aliphatic carbocycles. The van der Waals surface area contributed by atoms with Gasteiger partial charge >= 0.3 is 0 Å². The lowest BCUT2D eigenvalue weighted by Crippen LogP contribution is -2.36. The molecule has 1 heterocycles. The first-order valence-electron chi connectivity index (χ1n) is 9.82. The van der Waals surface area contributed by atoms with E-state index in [0.29, 0.717) is 6.17 Å². The molecule has 2 N–H and O–H groups in total. The lowest BCUT2D eigenvalue weighted by Gasteiger charge is -2.24. The van der Waals surface area contributed by atoms with Crippen molar-refractivity contribution in [3.8, 4) is 0 Å². The predicted molar refractivity (Wildman–Crippen MR) is 100 cm³/mol. The number of aliphatic hydroxyl groups is 1. The second-order valence-electron chi connectivity index (χ2n) is 6.63. The minimum absolute atomic E-state index is 0.231. The van der Waals surface area contributed by atoms with Crippen molar-refractivity contribution >= 4 is 0 Å². The molecule has 3 heteroatoms. The van der Waals surface area contributed by atoms with Crippen molar-refractivity contribution in [1.29, 1.82) is 0 Å². The van der Waals surface area contributed by atoms with Crippen LogP contribution in [0.4, 0.5) is 0 Å². The summed E-state index contributed by atoms with van der Waals surface area (Å²) in [4.78, 5) is 2.20. The highest BCUT2D eigenvalue weighted by molar-refractivity contribution is 4.93. The van der Waals surface area contributed by atoms with E-state index in [1.165, 1.54) is 77.0 Å². The van der Waals surface area contributed by atoms with E-state index in [4.69, 9.17) is 5.11 Å². The molecule has 1 aliphatic heterocycles. The van der Waals surface area contributed by atoms with Gasteiger partial charge in [-0.15, -0.1) is 0 Å². The molecular weight excluding hydrogens is 284 g/mol. The Morgan fingerprint density at radius 1 is 0.957 bits per heavy atom. The summed E-state index contributed by atoms with van der Waals surface area (Å²) in [6.45, 7) is 3.23. The Bertz CT molecular complexity index is 315. The van der Waals surface area contributed by atoms with Crippen LogP contribution in [0.2, 0.25) is 0 Å². The summed E-state index contributed by atoms with van der Waals surface area (Å²) in [5.41, 5.74) is 0. The second-order valence-corrected chi connectivity index (χ2v) is 6.63. The average Bonchev–Trinajstić information content (AvgIpc) is 2.99. The van der Waals surface area contributed by atoms with Gasteiger partial charge in [-0.1, -0.05) is 57.6 Å². The van der Waals surface area contributed by atoms with E-state index in [1.54, 1.807) is 0 Å². The minimum Gasteiger partial charge on any atom is -0.395 e. The molecule has 0 saturated heterocycles. The lowest BCUT2D eigenvalue weighted by atomic mass is 10.1. The Balaban J connectivity index is 1.84. The third-order valence-electron chi connectivity index (χ3n) is 4.55. The van der Waals surface area contributed by atoms with Gasteiger partial charge in [-0.3, -0.25) is 0 Å². The van der Waals surface area contributed by atoms with Crippen LogP contribution in [0.3, 0.4) is 0 Å². The normalized spacial score (nSPS) is 17.3. The molecule has 1 rings (SSSR count). The van der Waals surface area contributed by atoms with Gasteiger partial charge in [0.15, 0.2) is 0 Å². The van der Waals surface area contributed by atoms with Crippen LogP contribution in [0.5, 0.6) is 0 Å². The molecule has 23 heavy (non-hydrogen) atoms. The van der Waals surface area contributed by atoms with Gasteiger partial charge in [0, 0.05) is 18.9 Å². The molecule has 0 bridgehead atoms. The van der Waals surface area contributed by atoms with E-state index >= 15 is 0 Å². The van der Waals surface area contributed by atoms with E-state index in [9.17, 15) is 0 Å². The SMILES string of the molecule is CCCCCC/C=C/CCCCCCCC1NC=CN1CCO. The predicted octanol–water partition coefficient (Wildman–Crippen LogP) is 4.94. The number of nitrogens with zero attached hydrogens (tertiary/aromatic N) is 1. The van der Waals surface area contributed by atoms with Crippen LogP contribution in [0.15, 0.2) is 24.6 Å². The molecule has 1 atom stereocenters. The zero-order valence-corrected chi connectivity index (χ0v) is 15.2. The maximum absolute atomic E-state index is 9.02. The second kappa shape index (κ2) is 14.6. The number of rotatable bonds is 15. The lowest BCUT2D eigenvalue weighted by molar-refractivity contribution is 0.194. The van der Waals surface area contributed by atoms with Crippen molar-refractivity contribution in [3.63, 3.8) is 0 Å². The largest absolute Gasteiger partial charge is 0.395 e. The van der Waals surface area contributed by atoms with Gasteiger partial charge in [-0.25, -0.2) is 0 Å². The van der Waals surface area contributed by atoms with E-state index in [-0.39, 0.29) is 6.61 Å². The first-order chi connectivity index (χ1) is 11.4. The van der Waals surface area contributed by atoms with Crippen LogP contribution in [-0.2, 0) is 0 Å². The summed E-state index contributed by atoms with van der Waals surface area (Å²) < 4.78 is 0. The minimum atomic E-state index is 0.231. The Morgan fingerprint density at radius 3 is 2.30 bits per heavy atom. The van der Waals surface area contributed by atoms with E-state index < -0.39 is 0 Å². The van der Waals surface area contributed by atoms with Crippen molar-refractivity contribution in [3.05, 3.63) is 24.6 Å². The molecule has 0 amide bonds.